The molecular weight excluding hydrogens is 390 g/mol. The lowest BCUT2D eigenvalue weighted by molar-refractivity contribution is -0.143. The van der Waals surface area contributed by atoms with Crippen molar-refractivity contribution in [1.29, 1.82) is 0 Å². The third-order valence-corrected chi connectivity index (χ3v) is 4.17. The molecule has 1 saturated heterocycles. The lowest BCUT2D eigenvalue weighted by Gasteiger charge is -2.25. The molecule has 2 amide bonds. The van der Waals surface area contributed by atoms with Crippen LogP contribution in [-0.4, -0.2) is 53.4 Å². The molecule has 0 saturated carbocycles. The first-order valence-electron chi connectivity index (χ1n) is 9.90. The Morgan fingerprint density at radius 3 is 2.33 bits per heavy atom. The van der Waals surface area contributed by atoms with Crippen molar-refractivity contribution < 1.29 is 29.0 Å². The summed E-state index contributed by atoms with van der Waals surface area (Å²) in [5.74, 6) is -1.39. The highest BCUT2D eigenvalue weighted by molar-refractivity contribution is 5.80. The zero-order valence-electron chi connectivity index (χ0n) is 18.0. The molecule has 1 aromatic carbocycles. The summed E-state index contributed by atoms with van der Waals surface area (Å²) in [6.45, 7) is 7.92. The minimum atomic E-state index is -1.18. The summed E-state index contributed by atoms with van der Waals surface area (Å²) >= 11 is 0. The number of amides is 2. The normalized spacial score (nSPS) is 17.8. The highest BCUT2D eigenvalue weighted by atomic mass is 16.6. The number of benzene rings is 1. The van der Waals surface area contributed by atoms with Gasteiger partial charge in [0.15, 0.2) is 6.04 Å². The van der Waals surface area contributed by atoms with E-state index in [0.29, 0.717) is 0 Å². The number of rotatable bonds is 7. The first-order chi connectivity index (χ1) is 14.0. The van der Waals surface area contributed by atoms with E-state index in [9.17, 15) is 19.5 Å². The Labute approximate surface area is 177 Å². The Hall–Kier alpha value is -2.65. The first kappa shape index (κ1) is 25.4. The van der Waals surface area contributed by atoms with Gasteiger partial charge in [0.2, 0.25) is 5.91 Å². The van der Waals surface area contributed by atoms with Crippen LogP contribution in [0.15, 0.2) is 30.3 Å². The maximum absolute atomic E-state index is 11.7. The number of hydrogen-bond acceptors (Lipinski definition) is 6. The SMILES string of the molecule is C[C@@H](OCc1ccccc1)[C@H](NC(=O)OC(C)(C)C)C(=O)O.NC(=O)[C@@H]1CCCN1. The Bertz CT molecular complexity index is 684. The summed E-state index contributed by atoms with van der Waals surface area (Å²) in [6, 6.07) is 8.16. The predicted molar refractivity (Wildman–Crippen MR) is 112 cm³/mol. The van der Waals surface area contributed by atoms with E-state index in [0.717, 1.165) is 24.9 Å². The van der Waals surface area contributed by atoms with E-state index in [1.807, 2.05) is 30.3 Å². The van der Waals surface area contributed by atoms with E-state index >= 15 is 0 Å². The molecule has 30 heavy (non-hydrogen) atoms. The summed E-state index contributed by atoms with van der Waals surface area (Å²) in [4.78, 5) is 33.4. The second kappa shape index (κ2) is 12.1. The number of carbonyl (C=O) groups is 3. The van der Waals surface area contributed by atoms with E-state index in [-0.39, 0.29) is 18.6 Å². The average Bonchev–Trinajstić information content (AvgIpc) is 3.19. The van der Waals surface area contributed by atoms with Gasteiger partial charge in [-0.25, -0.2) is 9.59 Å². The van der Waals surface area contributed by atoms with Crippen LogP contribution in [0.1, 0.15) is 46.1 Å². The summed E-state index contributed by atoms with van der Waals surface area (Å²) < 4.78 is 10.6. The third-order valence-electron chi connectivity index (χ3n) is 4.17. The molecule has 2 rings (SSSR count). The molecule has 9 nitrogen and oxygen atoms in total. The van der Waals surface area contributed by atoms with Crippen molar-refractivity contribution in [2.24, 2.45) is 5.73 Å². The molecule has 0 unspecified atom stereocenters. The fourth-order valence-electron chi connectivity index (χ4n) is 2.64. The Kier molecular flexibility index (Phi) is 10.3. The second-order valence-electron chi connectivity index (χ2n) is 8.02. The highest BCUT2D eigenvalue weighted by Gasteiger charge is 2.29. The van der Waals surface area contributed by atoms with Gasteiger partial charge in [-0.05, 0) is 52.6 Å². The van der Waals surface area contributed by atoms with Crippen molar-refractivity contribution in [1.82, 2.24) is 10.6 Å². The van der Waals surface area contributed by atoms with E-state index in [2.05, 4.69) is 10.6 Å². The van der Waals surface area contributed by atoms with Gasteiger partial charge in [-0.1, -0.05) is 30.3 Å². The Balaban J connectivity index is 0.000000467. The van der Waals surface area contributed by atoms with Crippen LogP contribution in [0.5, 0.6) is 0 Å². The van der Waals surface area contributed by atoms with Crippen LogP contribution >= 0.6 is 0 Å². The topological polar surface area (TPSA) is 140 Å². The van der Waals surface area contributed by atoms with Crippen molar-refractivity contribution in [3.63, 3.8) is 0 Å². The average molecular weight is 424 g/mol. The van der Waals surface area contributed by atoms with Crippen LogP contribution in [-0.2, 0) is 25.7 Å². The van der Waals surface area contributed by atoms with Gasteiger partial charge in [-0.3, -0.25) is 4.79 Å². The maximum Gasteiger partial charge on any atom is 0.408 e. The van der Waals surface area contributed by atoms with Crippen LogP contribution in [0.4, 0.5) is 4.79 Å². The first-order valence-corrected chi connectivity index (χ1v) is 9.90. The summed E-state index contributed by atoms with van der Waals surface area (Å²) in [5.41, 5.74) is 5.23. The molecule has 0 radical (unpaired) electrons. The second-order valence-corrected chi connectivity index (χ2v) is 8.02. The van der Waals surface area contributed by atoms with E-state index in [1.54, 1.807) is 27.7 Å². The van der Waals surface area contributed by atoms with Crippen LogP contribution < -0.4 is 16.4 Å². The molecule has 1 fully saturated rings. The maximum atomic E-state index is 11.7. The van der Waals surface area contributed by atoms with Gasteiger partial charge >= 0.3 is 12.1 Å². The van der Waals surface area contributed by atoms with Gasteiger partial charge < -0.3 is 30.9 Å². The number of nitrogens with one attached hydrogen (secondary N) is 2. The molecule has 0 aromatic heterocycles. The molecule has 1 aliphatic rings. The van der Waals surface area contributed by atoms with Crippen molar-refractivity contribution in [3.05, 3.63) is 35.9 Å². The minimum Gasteiger partial charge on any atom is -0.480 e. The van der Waals surface area contributed by atoms with Gasteiger partial charge in [0.05, 0.1) is 18.8 Å². The molecule has 1 heterocycles. The van der Waals surface area contributed by atoms with Gasteiger partial charge in [-0.2, -0.15) is 0 Å². The molecule has 1 aromatic rings. The van der Waals surface area contributed by atoms with Crippen molar-refractivity contribution in [3.8, 4) is 0 Å². The van der Waals surface area contributed by atoms with Crippen molar-refractivity contribution in [2.75, 3.05) is 6.54 Å². The molecule has 3 atom stereocenters. The Morgan fingerprint density at radius 1 is 1.27 bits per heavy atom. The number of alkyl carbamates (subject to hydrolysis) is 1. The standard InChI is InChI=1S/C16H23NO5.C5H10N2O/c1-11(21-10-12-8-6-5-7-9-12)13(14(18)19)17-15(20)22-16(2,3)4;6-5(8)4-2-1-3-7-4/h5-9,11,13H,10H2,1-4H3,(H,17,20)(H,18,19);4,7H,1-3H2,(H2,6,8)/t11-,13+;4-/m10/s1. The number of primary amides is 1. The van der Waals surface area contributed by atoms with Crippen LogP contribution in [0.3, 0.4) is 0 Å². The quantitative estimate of drug-likeness (QED) is 0.524. The summed E-state index contributed by atoms with van der Waals surface area (Å²) in [6.07, 6.45) is 0.503. The fourth-order valence-corrected chi connectivity index (χ4v) is 2.64. The van der Waals surface area contributed by atoms with Crippen LogP contribution in [0.25, 0.3) is 0 Å². The van der Waals surface area contributed by atoms with Gasteiger partial charge in [0.1, 0.15) is 5.60 Å². The van der Waals surface area contributed by atoms with E-state index in [1.165, 1.54) is 0 Å². The molecule has 0 aliphatic carbocycles. The zero-order valence-corrected chi connectivity index (χ0v) is 18.0. The lowest BCUT2D eigenvalue weighted by atomic mass is 10.1. The largest absolute Gasteiger partial charge is 0.480 e. The van der Waals surface area contributed by atoms with Crippen molar-refractivity contribution >= 4 is 18.0 Å². The van der Waals surface area contributed by atoms with Crippen LogP contribution in [0, 0.1) is 0 Å². The fraction of sp³-hybridized carbons (Fsp3) is 0.571. The predicted octanol–water partition coefficient (Wildman–Crippen LogP) is 1.79. The van der Waals surface area contributed by atoms with E-state index < -0.39 is 29.8 Å². The molecule has 5 N–H and O–H groups in total. The number of nitrogens with two attached hydrogens (primary N) is 1. The van der Waals surface area contributed by atoms with Crippen LogP contribution in [0.2, 0.25) is 0 Å². The lowest BCUT2D eigenvalue weighted by Crippen LogP contribution is -2.50. The Morgan fingerprint density at radius 2 is 1.90 bits per heavy atom. The summed E-state index contributed by atoms with van der Waals surface area (Å²) in [5, 5.41) is 14.5. The molecule has 0 spiro atoms. The molecule has 168 valence electrons. The number of ether oxygens (including phenoxy) is 2. The highest BCUT2D eigenvalue weighted by Crippen LogP contribution is 2.10. The third kappa shape index (κ3) is 10.2. The molecule has 0 bridgehead atoms. The summed E-state index contributed by atoms with van der Waals surface area (Å²) in [7, 11) is 0. The number of hydrogen-bond donors (Lipinski definition) is 4. The van der Waals surface area contributed by atoms with Gasteiger partial charge in [0.25, 0.3) is 0 Å². The monoisotopic (exact) mass is 423 g/mol. The molecule has 9 heteroatoms. The minimum absolute atomic E-state index is 0.0463. The smallest absolute Gasteiger partial charge is 0.408 e. The van der Waals surface area contributed by atoms with Crippen molar-refractivity contribution in [2.45, 2.75) is 70.9 Å². The van der Waals surface area contributed by atoms with E-state index in [4.69, 9.17) is 15.2 Å². The number of carbonyl (C=O) groups excluding carboxylic acids is 2. The number of aliphatic carboxylic acids is 1. The number of carboxylic acid groups (broad SMARTS) is 1. The number of carboxylic acids is 1. The zero-order chi connectivity index (χ0) is 22.7. The molecule has 1 aliphatic heterocycles. The van der Waals surface area contributed by atoms with Gasteiger partial charge in [-0.15, -0.1) is 0 Å². The van der Waals surface area contributed by atoms with Gasteiger partial charge in [0, 0.05) is 0 Å². The molecular formula is C21H33N3O6.